The number of ether oxygens (including phenoxy) is 4. The van der Waals surface area contributed by atoms with Crippen LogP contribution in [-0.2, 0) is 14.1 Å². The largest absolute Gasteiger partial charge is 0.497 e. The van der Waals surface area contributed by atoms with E-state index in [4.69, 9.17) is 18.9 Å². The van der Waals surface area contributed by atoms with Gasteiger partial charge in [0.2, 0.25) is 11.6 Å². The number of aryl methyl sites for hydroxylation is 2. The molecule has 0 amide bonds. The minimum atomic E-state index is -0.796. The molecular formula is C48H44F2N6O6. The summed E-state index contributed by atoms with van der Waals surface area (Å²) in [6.45, 7) is 0. The van der Waals surface area contributed by atoms with E-state index < -0.39 is 12.1 Å². The second-order valence-corrected chi connectivity index (χ2v) is 14.2. The number of methoxy groups -OCH3 is 4. The second kappa shape index (κ2) is 18.7. The molecular weight excluding hydrogens is 795 g/mol. The Morgan fingerprint density at radius 3 is 1.15 bits per heavy atom. The molecule has 14 heteroatoms. The Bertz CT molecular complexity index is 2620. The summed E-state index contributed by atoms with van der Waals surface area (Å²) in [6.07, 6.45) is 0. The Kier molecular flexibility index (Phi) is 12.8. The van der Waals surface area contributed by atoms with Gasteiger partial charge in [0.05, 0.1) is 39.5 Å². The lowest BCUT2D eigenvalue weighted by Gasteiger charge is -2.20. The zero-order valence-corrected chi connectivity index (χ0v) is 34.9. The quantitative estimate of drug-likeness (QED) is 0.102. The van der Waals surface area contributed by atoms with E-state index in [1.165, 1.54) is 24.3 Å². The van der Waals surface area contributed by atoms with Crippen LogP contribution in [0.15, 0.2) is 133 Å². The summed E-state index contributed by atoms with van der Waals surface area (Å²) in [5.41, 5.74) is 4.87. The van der Waals surface area contributed by atoms with Gasteiger partial charge in [-0.25, -0.2) is 8.78 Å². The SMILES string of the molecule is COc1cc(NC(C(=O)c2nn(C)c3ccccc23)c2ccc(F)cc2)cc(OC)c1.COc1cc(NC(C(=O)c2nn(C)c3ccccc23)c2ccc(F)cc2)cc(OC)c1. The average molecular weight is 839 g/mol. The second-order valence-electron chi connectivity index (χ2n) is 14.2. The third-order valence-electron chi connectivity index (χ3n) is 10.2. The molecule has 2 atom stereocenters. The molecule has 0 saturated carbocycles. The van der Waals surface area contributed by atoms with Crippen LogP contribution in [-0.4, -0.2) is 59.6 Å². The van der Waals surface area contributed by atoms with Crippen molar-refractivity contribution in [1.29, 1.82) is 0 Å². The Morgan fingerprint density at radius 1 is 0.500 bits per heavy atom. The van der Waals surface area contributed by atoms with Gasteiger partial charge < -0.3 is 29.6 Å². The number of anilines is 2. The van der Waals surface area contributed by atoms with E-state index in [1.54, 1.807) is 113 Å². The number of halogens is 2. The van der Waals surface area contributed by atoms with Gasteiger partial charge in [0.15, 0.2) is 0 Å². The van der Waals surface area contributed by atoms with E-state index in [2.05, 4.69) is 20.8 Å². The maximum absolute atomic E-state index is 13.7. The summed E-state index contributed by atoms with van der Waals surface area (Å²) < 4.78 is 51.8. The number of aromatic nitrogens is 4. The van der Waals surface area contributed by atoms with E-state index in [1.807, 2.05) is 48.5 Å². The van der Waals surface area contributed by atoms with E-state index in [0.717, 1.165) is 21.8 Å². The molecule has 0 aliphatic rings. The molecule has 2 heterocycles. The molecule has 0 aliphatic heterocycles. The maximum Gasteiger partial charge on any atom is 0.210 e. The molecule has 0 radical (unpaired) electrons. The highest BCUT2D eigenvalue weighted by Crippen LogP contribution is 2.33. The highest BCUT2D eigenvalue weighted by Gasteiger charge is 2.29. The molecule has 8 rings (SSSR count). The number of nitrogens with zero attached hydrogens (tertiary/aromatic N) is 4. The number of carbonyl (C=O) groups excluding carboxylic acids is 2. The van der Waals surface area contributed by atoms with E-state index in [9.17, 15) is 18.4 Å². The van der Waals surface area contributed by atoms with Gasteiger partial charge in [-0.2, -0.15) is 10.2 Å². The zero-order chi connectivity index (χ0) is 43.9. The van der Waals surface area contributed by atoms with Crippen molar-refractivity contribution < 1.29 is 37.3 Å². The van der Waals surface area contributed by atoms with Gasteiger partial charge in [-0.3, -0.25) is 19.0 Å². The number of rotatable bonds is 14. The van der Waals surface area contributed by atoms with Gasteiger partial charge >= 0.3 is 0 Å². The van der Waals surface area contributed by atoms with E-state index >= 15 is 0 Å². The first-order valence-electron chi connectivity index (χ1n) is 19.4. The van der Waals surface area contributed by atoms with Crippen molar-refractivity contribution in [3.8, 4) is 23.0 Å². The number of hydrogen-bond donors (Lipinski definition) is 2. The summed E-state index contributed by atoms with van der Waals surface area (Å²) in [5, 5.41) is 17.0. The summed E-state index contributed by atoms with van der Waals surface area (Å²) in [5.74, 6) is 1.11. The predicted octanol–water partition coefficient (Wildman–Crippen LogP) is 9.53. The van der Waals surface area contributed by atoms with Crippen LogP contribution in [0, 0.1) is 11.6 Å². The molecule has 0 spiro atoms. The lowest BCUT2D eigenvalue weighted by Crippen LogP contribution is -2.22. The van der Waals surface area contributed by atoms with Gasteiger partial charge in [0, 0.05) is 72.6 Å². The van der Waals surface area contributed by atoms with Crippen LogP contribution in [0.2, 0.25) is 0 Å². The summed E-state index contributed by atoms with van der Waals surface area (Å²) in [7, 11) is 9.82. The Hall–Kier alpha value is -7.74. The fourth-order valence-corrected chi connectivity index (χ4v) is 7.09. The fraction of sp³-hybridized carbons (Fsp3) is 0.167. The highest BCUT2D eigenvalue weighted by atomic mass is 19.1. The summed E-state index contributed by atoms with van der Waals surface area (Å²) >= 11 is 0. The molecule has 8 aromatic rings. The van der Waals surface area contributed by atoms with Crippen LogP contribution >= 0.6 is 0 Å². The molecule has 2 unspecified atom stereocenters. The fourth-order valence-electron chi connectivity index (χ4n) is 7.09. The number of para-hydroxylation sites is 2. The maximum atomic E-state index is 13.7. The first-order chi connectivity index (χ1) is 30.0. The number of nitrogens with one attached hydrogen (secondary N) is 2. The molecule has 0 fully saturated rings. The van der Waals surface area contributed by atoms with Gasteiger partial charge in [0.1, 0.15) is 58.1 Å². The molecule has 2 N–H and O–H groups in total. The molecule has 2 aromatic heterocycles. The van der Waals surface area contributed by atoms with Gasteiger partial charge in [-0.1, -0.05) is 60.7 Å². The van der Waals surface area contributed by atoms with Crippen molar-refractivity contribution in [2.75, 3.05) is 39.1 Å². The van der Waals surface area contributed by atoms with Crippen molar-refractivity contribution >= 4 is 44.7 Å². The van der Waals surface area contributed by atoms with Crippen molar-refractivity contribution in [2.24, 2.45) is 14.1 Å². The third-order valence-corrected chi connectivity index (χ3v) is 10.2. The highest BCUT2D eigenvalue weighted by molar-refractivity contribution is 6.10. The van der Waals surface area contributed by atoms with Crippen LogP contribution in [0.25, 0.3) is 21.8 Å². The van der Waals surface area contributed by atoms with Crippen LogP contribution in [0.3, 0.4) is 0 Å². The smallest absolute Gasteiger partial charge is 0.210 e. The summed E-state index contributed by atoms with van der Waals surface area (Å²) in [6, 6.07) is 35.7. The van der Waals surface area contributed by atoms with Crippen molar-refractivity contribution in [3.63, 3.8) is 0 Å². The van der Waals surface area contributed by atoms with Gasteiger partial charge in [0.25, 0.3) is 0 Å². The minimum absolute atomic E-state index is 0.231. The molecule has 12 nitrogen and oxygen atoms in total. The predicted molar refractivity (Wildman–Crippen MR) is 235 cm³/mol. The average Bonchev–Trinajstić information content (AvgIpc) is 3.83. The standard InChI is InChI=1S/2C24H22FN3O3/c2*1-28-21-7-5-4-6-20(21)23(27-28)24(29)22(15-8-10-16(25)11-9-15)26-17-12-18(30-2)14-19(13-17)31-3/h2*4-14,22,26H,1-3H3. The molecule has 62 heavy (non-hydrogen) atoms. The van der Waals surface area contributed by atoms with Crippen molar-refractivity contribution in [1.82, 2.24) is 19.6 Å². The van der Waals surface area contributed by atoms with E-state index in [-0.39, 0.29) is 23.2 Å². The first kappa shape index (κ1) is 42.4. The van der Waals surface area contributed by atoms with Crippen LogP contribution in [0.1, 0.15) is 44.2 Å². The zero-order valence-electron chi connectivity index (χ0n) is 34.9. The number of benzene rings is 6. The van der Waals surface area contributed by atoms with Gasteiger partial charge in [-0.15, -0.1) is 0 Å². The topological polar surface area (TPSA) is 131 Å². The number of ketones is 2. The van der Waals surface area contributed by atoms with Crippen molar-refractivity contribution in [3.05, 3.63) is 168 Å². The van der Waals surface area contributed by atoms with Crippen LogP contribution in [0.5, 0.6) is 23.0 Å². The van der Waals surface area contributed by atoms with Gasteiger partial charge in [-0.05, 0) is 47.5 Å². The number of Topliss-reactive ketones (excluding diaryl/α,β-unsaturated/α-hetero) is 2. The van der Waals surface area contributed by atoms with Crippen molar-refractivity contribution in [2.45, 2.75) is 12.1 Å². The Labute approximate surface area is 356 Å². The lowest BCUT2D eigenvalue weighted by molar-refractivity contribution is 0.0957. The Morgan fingerprint density at radius 2 is 0.823 bits per heavy atom. The monoisotopic (exact) mass is 838 g/mol. The molecule has 316 valence electrons. The van der Waals surface area contributed by atoms with E-state index in [0.29, 0.717) is 56.9 Å². The molecule has 0 saturated heterocycles. The number of hydrogen-bond acceptors (Lipinski definition) is 10. The molecule has 0 aliphatic carbocycles. The van der Waals surface area contributed by atoms with Crippen LogP contribution in [0.4, 0.5) is 20.2 Å². The number of carbonyl (C=O) groups is 2. The minimum Gasteiger partial charge on any atom is -0.497 e. The Balaban J connectivity index is 0.000000186. The van der Waals surface area contributed by atoms with Crippen LogP contribution < -0.4 is 29.6 Å². The lowest BCUT2D eigenvalue weighted by atomic mass is 9.98. The first-order valence-corrected chi connectivity index (χ1v) is 19.4. The molecule has 6 aromatic carbocycles. The third kappa shape index (κ3) is 9.19. The summed E-state index contributed by atoms with van der Waals surface area (Å²) in [4.78, 5) is 27.4. The number of fused-ring (bicyclic) bond motifs is 2. The normalized spacial score (nSPS) is 11.9. The molecule has 0 bridgehead atoms.